The Morgan fingerprint density at radius 2 is 1.77 bits per heavy atom. The number of ketones is 1. The van der Waals surface area contributed by atoms with Crippen LogP contribution in [0.4, 0.5) is 5.69 Å². The van der Waals surface area contributed by atoms with Gasteiger partial charge in [0.25, 0.3) is 11.7 Å². The molecule has 2 aromatic carbocycles. The molecule has 0 saturated carbocycles. The Morgan fingerprint density at radius 1 is 0.971 bits per heavy atom. The smallest absolute Gasteiger partial charge is 0.300 e. The molecule has 1 aromatic heterocycles. The van der Waals surface area contributed by atoms with Gasteiger partial charge >= 0.3 is 0 Å². The second kappa shape index (κ2) is 11.2. The van der Waals surface area contributed by atoms with Gasteiger partial charge in [-0.25, -0.2) is 0 Å². The first-order chi connectivity index (χ1) is 17.0. The number of unbranched alkanes of at least 4 members (excludes halogenated alkanes) is 2. The zero-order valence-corrected chi connectivity index (χ0v) is 20.7. The van der Waals surface area contributed by atoms with Crippen molar-refractivity contribution < 1.29 is 24.2 Å². The highest BCUT2D eigenvalue weighted by molar-refractivity contribution is 7.10. The van der Waals surface area contributed by atoms with Gasteiger partial charge in [0.2, 0.25) is 0 Å². The summed E-state index contributed by atoms with van der Waals surface area (Å²) in [6, 6.07) is 17.0. The predicted molar refractivity (Wildman–Crippen MR) is 138 cm³/mol. The van der Waals surface area contributed by atoms with E-state index in [0.717, 1.165) is 24.1 Å². The SMILES string of the molecule is CCCCCOc1ccc(/C(O)=C2/C(=O)C(=O)N(c3cccc(OCC)c3)C2c2cccs2)cc1. The lowest BCUT2D eigenvalue weighted by Gasteiger charge is -2.24. The number of aliphatic hydroxyl groups excluding tert-OH is 1. The molecule has 1 fully saturated rings. The maximum atomic E-state index is 13.2. The fraction of sp³-hybridized carbons (Fsp3) is 0.286. The molecule has 2 heterocycles. The lowest BCUT2D eigenvalue weighted by Crippen LogP contribution is -2.29. The molecular weight excluding hydrogens is 462 g/mol. The average molecular weight is 492 g/mol. The molecular formula is C28H29NO5S. The number of aliphatic hydroxyl groups is 1. The highest BCUT2D eigenvalue weighted by Gasteiger charge is 2.47. The summed E-state index contributed by atoms with van der Waals surface area (Å²) < 4.78 is 11.4. The molecule has 0 aliphatic carbocycles. The maximum absolute atomic E-state index is 13.2. The lowest BCUT2D eigenvalue weighted by atomic mass is 9.99. The van der Waals surface area contributed by atoms with Gasteiger partial charge in [0.15, 0.2) is 0 Å². The van der Waals surface area contributed by atoms with E-state index >= 15 is 0 Å². The summed E-state index contributed by atoms with van der Waals surface area (Å²) in [4.78, 5) is 28.7. The normalized spacial score (nSPS) is 17.1. The van der Waals surface area contributed by atoms with E-state index in [2.05, 4.69) is 6.92 Å². The molecule has 182 valence electrons. The van der Waals surface area contributed by atoms with Crippen molar-refractivity contribution in [2.24, 2.45) is 0 Å². The van der Waals surface area contributed by atoms with Gasteiger partial charge in [-0.15, -0.1) is 11.3 Å². The van der Waals surface area contributed by atoms with E-state index in [1.165, 1.54) is 16.2 Å². The van der Waals surface area contributed by atoms with E-state index in [9.17, 15) is 14.7 Å². The van der Waals surface area contributed by atoms with Gasteiger partial charge in [-0.05, 0) is 61.2 Å². The quantitative estimate of drug-likeness (QED) is 0.155. The zero-order valence-electron chi connectivity index (χ0n) is 19.9. The summed E-state index contributed by atoms with van der Waals surface area (Å²) in [5, 5.41) is 13.1. The number of carbonyl (C=O) groups excluding carboxylic acids is 2. The van der Waals surface area contributed by atoms with Gasteiger partial charge < -0.3 is 14.6 Å². The number of hydrogen-bond acceptors (Lipinski definition) is 6. The van der Waals surface area contributed by atoms with Crippen LogP contribution in [0.2, 0.25) is 0 Å². The van der Waals surface area contributed by atoms with Crippen LogP contribution in [-0.4, -0.2) is 30.0 Å². The molecule has 4 rings (SSSR count). The summed E-state index contributed by atoms with van der Waals surface area (Å²) in [6.45, 7) is 5.13. The Hall–Kier alpha value is -3.58. The van der Waals surface area contributed by atoms with Crippen LogP contribution >= 0.6 is 11.3 Å². The molecule has 6 nitrogen and oxygen atoms in total. The number of nitrogens with zero attached hydrogens (tertiary/aromatic N) is 1. The van der Waals surface area contributed by atoms with Crippen LogP contribution in [0.1, 0.15) is 49.6 Å². The van der Waals surface area contributed by atoms with Crippen LogP contribution in [-0.2, 0) is 9.59 Å². The molecule has 0 bridgehead atoms. The van der Waals surface area contributed by atoms with Crippen LogP contribution < -0.4 is 14.4 Å². The highest BCUT2D eigenvalue weighted by Crippen LogP contribution is 2.44. The third-order valence-corrected chi connectivity index (χ3v) is 6.73. The number of thiophene rings is 1. The first-order valence-corrected chi connectivity index (χ1v) is 12.7. The van der Waals surface area contributed by atoms with E-state index in [1.54, 1.807) is 48.5 Å². The molecule has 3 aromatic rings. The number of Topliss-reactive ketones (excluding diaryl/α,β-unsaturated/α-hetero) is 1. The maximum Gasteiger partial charge on any atom is 0.300 e. The number of hydrogen-bond donors (Lipinski definition) is 1. The summed E-state index contributed by atoms with van der Waals surface area (Å²) in [7, 11) is 0. The summed E-state index contributed by atoms with van der Waals surface area (Å²) >= 11 is 1.43. The second-order valence-corrected chi connectivity index (χ2v) is 9.17. The van der Waals surface area contributed by atoms with Gasteiger partial charge in [0.05, 0.1) is 18.8 Å². The molecule has 7 heteroatoms. The van der Waals surface area contributed by atoms with Crippen LogP contribution in [0.15, 0.2) is 71.6 Å². The largest absolute Gasteiger partial charge is 0.507 e. The summed E-state index contributed by atoms with van der Waals surface area (Å²) in [5.41, 5.74) is 1.05. The molecule has 1 aliphatic heterocycles. The minimum atomic E-state index is -0.739. The molecule has 1 atom stereocenters. The minimum Gasteiger partial charge on any atom is -0.507 e. The monoisotopic (exact) mass is 491 g/mol. The fourth-order valence-electron chi connectivity index (χ4n) is 4.11. The summed E-state index contributed by atoms with van der Waals surface area (Å²) in [6.07, 6.45) is 3.21. The molecule has 1 N–H and O–H groups in total. The van der Waals surface area contributed by atoms with E-state index in [1.807, 2.05) is 24.4 Å². The van der Waals surface area contributed by atoms with Crippen molar-refractivity contribution in [2.45, 2.75) is 39.2 Å². The first-order valence-electron chi connectivity index (χ1n) is 11.9. The zero-order chi connectivity index (χ0) is 24.8. The van der Waals surface area contributed by atoms with E-state index < -0.39 is 17.7 Å². The lowest BCUT2D eigenvalue weighted by molar-refractivity contribution is -0.132. The molecule has 35 heavy (non-hydrogen) atoms. The van der Waals surface area contributed by atoms with Gasteiger partial charge in [0, 0.05) is 22.2 Å². The Labute approximate surface area is 209 Å². The second-order valence-electron chi connectivity index (χ2n) is 8.19. The molecule has 1 unspecified atom stereocenters. The van der Waals surface area contributed by atoms with Crippen LogP contribution in [0.5, 0.6) is 11.5 Å². The Morgan fingerprint density at radius 3 is 2.46 bits per heavy atom. The number of anilines is 1. The Bertz CT molecular complexity index is 1200. The molecule has 1 saturated heterocycles. The Balaban J connectivity index is 1.71. The number of ether oxygens (including phenoxy) is 2. The number of carbonyl (C=O) groups is 2. The minimum absolute atomic E-state index is 0.0656. The van der Waals surface area contributed by atoms with Crippen molar-refractivity contribution in [2.75, 3.05) is 18.1 Å². The fourth-order valence-corrected chi connectivity index (χ4v) is 4.93. The van der Waals surface area contributed by atoms with Gasteiger partial charge in [-0.3, -0.25) is 14.5 Å². The van der Waals surface area contributed by atoms with Crippen LogP contribution in [0.3, 0.4) is 0 Å². The van der Waals surface area contributed by atoms with E-state index in [0.29, 0.717) is 36.0 Å². The molecule has 1 amide bonds. The van der Waals surface area contributed by atoms with Gasteiger partial charge in [0.1, 0.15) is 23.3 Å². The molecule has 0 spiro atoms. The Kier molecular flexibility index (Phi) is 7.87. The van der Waals surface area contributed by atoms with Crippen molar-refractivity contribution in [3.63, 3.8) is 0 Å². The average Bonchev–Trinajstić information content (AvgIpc) is 3.49. The number of benzene rings is 2. The number of rotatable bonds is 10. The third-order valence-electron chi connectivity index (χ3n) is 5.81. The highest BCUT2D eigenvalue weighted by atomic mass is 32.1. The van der Waals surface area contributed by atoms with Crippen molar-refractivity contribution in [3.8, 4) is 11.5 Å². The standard InChI is InChI=1S/C28H29NO5S/c1-3-5-6-16-34-21-14-12-19(13-15-21)26(30)24-25(23-11-8-17-35-23)29(28(32)27(24)31)20-9-7-10-22(18-20)33-4-2/h7-15,17-18,25,30H,3-6,16H2,1-2H3/b26-24-. The van der Waals surface area contributed by atoms with Crippen LogP contribution in [0.25, 0.3) is 5.76 Å². The number of amides is 1. The summed E-state index contributed by atoms with van der Waals surface area (Å²) in [5.74, 6) is -0.313. The predicted octanol–water partition coefficient (Wildman–Crippen LogP) is 6.34. The van der Waals surface area contributed by atoms with Crippen LogP contribution in [0, 0.1) is 0 Å². The van der Waals surface area contributed by atoms with Crippen molar-refractivity contribution in [3.05, 3.63) is 82.1 Å². The van der Waals surface area contributed by atoms with Crippen molar-refractivity contribution in [1.82, 2.24) is 0 Å². The van der Waals surface area contributed by atoms with E-state index in [-0.39, 0.29) is 11.3 Å². The molecule has 1 aliphatic rings. The van der Waals surface area contributed by atoms with Gasteiger partial charge in [-0.2, -0.15) is 0 Å². The van der Waals surface area contributed by atoms with Gasteiger partial charge in [-0.1, -0.05) is 31.9 Å². The van der Waals surface area contributed by atoms with E-state index in [4.69, 9.17) is 9.47 Å². The van der Waals surface area contributed by atoms with Crippen molar-refractivity contribution >= 4 is 34.5 Å². The molecule has 0 radical (unpaired) electrons. The topological polar surface area (TPSA) is 76.1 Å². The third kappa shape index (κ3) is 5.25. The van der Waals surface area contributed by atoms with Crippen molar-refractivity contribution in [1.29, 1.82) is 0 Å². The first kappa shape index (κ1) is 24.5.